The van der Waals surface area contributed by atoms with Gasteiger partial charge in [0.15, 0.2) is 0 Å². The Bertz CT molecular complexity index is 1040. The lowest BCUT2D eigenvalue weighted by molar-refractivity contribution is -0.134. The molecule has 2 aromatic heterocycles. The van der Waals surface area contributed by atoms with Crippen molar-refractivity contribution in [3.8, 4) is 11.5 Å². The highest BCUT2D eigenvalue weighted by Crippen LogP contribution is 2.15. The molecular formula is C21H24N8O2. The molecule has 1 atom stereocenters. The minimum Gasteiger partial charge on any atom is -0.353 e. The van der Waals surface area contributed by atoms with Crippen LogP contribution in [0.25, 0.3) is 11.5 Å². The van der Waals surface area contributed by atoms with E-state index < -0.39 is 6.04 Å². The molecule has 2 amide bonds. The van der Waals surface area contributed by atoms with Crippen LogP contribution in [0.15, 0.2) is 42.9 Å². The molecule has 4 rings (SSSR count). The molecule has 1 aliphatic rings. The first-order valence-electron chi connectivity index (χ1n) is 10.1. The zero-order chi connectivity index (χ0) is 21.6. The highest BCUT2D eigenvalue weighted by Gasteiger charge is 2.31. The zero-order valence-corrected chi connectivity index (χ0v) is 17.2. The van der Waals surface area contributed by atoms with E-state index in [9.17, 15) is 9.59 Å². The number of carbonyl (C=O) groups excluding carboxylic acids is 2. The van der Waals surface area contributed by atoms with Crippen molar-refractivity contribution in [3.05, 3.63) is 59.8 Å². The highest BCUT2D eigenvalue weighted by molar-refractivity contribution is 5.88. The van der Waals surface area contributed by atoms with Crippen LogP contribution in [0, 0.1) is 6.92 Å². The van der Waals surface area contributed by atoms with Gasteiger partial charge in [-0.3, -0.25) is 24.6 Å². The summed E-state index contributed by atoms with van der Waals surface area (Å²) in [6.07, 6.45) is 4.77. The van der Waals surface area contributed by atoms with Gasteiger partial charge in [0.25, 0.3) is 0 Å². The molecule has 3 N–H and O–H groups in total. The van der Waals surface area contributed by atoms with Gasteiger partial charge in [-0.25, -0.2) is 9.97 Å². The van der Waals surface area contributed by atoms with E-state index in [1.54, 1.807) is 18.6 Å². The van der Waals surface area contributed by atoms with Gasteiger partial charge >= 0.3 is 0 Å². The van der Waals surface area contributed by atoms with Crippen LogP contribution in [0.3, 0.4) is 0 Å². The van der Waals surface area contributed by atoms with Crippen LogP contribution in [0.1, 0.15) is 23.4 Å². The van der Waals surface area contributed by atoms with Crippen molar-refractivity contribution in [2.24, 2.45) is 0 Å². The highest BCUT2D eigenvalue weighted by atomic mass is 16.2. The van der Waals surface area contributed by atoms with Crippen molar-refractivity contribution < 1.29 is 9.59 Å². The summed E-state index contributed by atoms with van der Waals surface area (Å²) in [7, 11) is 0. The smallest absolute Gasteiger partial charge is 0.237 e. The number of H-pyrrole nitrogens is 1. The second-order valence-electron chi connectivity index (χ2n) is 7.44. The largest absolute Gasteiger partial charge is 0.353 e. The summed E-state index contributed by atoms with van der Waals surface area (Å²) < 4.78 is 0. The number of aromatic nitrogens is 5. The fraction of sp³-hybridized carbons (Fsp3) is 0.333. The number of hydrogen-bond donors (Lipinski definition) is 3. The maximum absolute atomic E-state index is 12.5. The van der Waals surface area contributed by atoms with Crippen molar-refractivity contribution in [2.45, 2.75) is 32.5 Å². The first kappa shape index (κ1) is 20.6. The molecule has 0 spiro atoms. The van der Waals surface area contributed by atoms with Gasteiger partial charge in [-0.2, -0.15) is 5.10 Å². The Morgan fingerprint density at radius 2 is 2.10 bits per heavy atom. The summed E-state index contributed by atoms with van der Waals surface area (Å²) >= 11 is 0. The molecule has 31 heavy (non-hydrogen) atoms. The first-order chi connectivity index (χ1) is 15.1. The molecular weight excluding hydrogens is 396 g/mol. The molecule has 0 unspecified atom stereocenters. The minimum absolute atomic E-state index is 0.0723. The number of piperazine rings is 1. The number of hydrogen-bond acceptors (Lipinski definition) is 7. The SMILES string of the molecule is Cc1ccc(CN2CCNC(=O)[C@H]2CC(=O)NCc2nc(-c3cnccn3)n[nH]2)cc1. The van der Waals surface area contributed by atoms with E-state index in [1.165, 1.54) is 5.56 Å². The molecule has 1 aromatic carbocycles. The Morgan fingerprint density at radius 3 is 2.87 bits per heavy atom. The van der Waals surface area contributed by atoms with E-state index in [0.29, 0.717) is 37.0 Å². The Labute approximate surface area is 179 Å². The van der Waals surface area contributed by atoms with Crippen molar-refractivity contribution in [3.63, 3.8) is 0 Å². The van der Waals surface area contributed by atoms with Crippen LogP contribution < -0.4 is 10.6 Å². The van der Waals surface area contributed by atoms with E-state index in [0.717, 1.165) is 5.56 Å². The lowest BCUT2D eigenvalue weighted by Crippen LogP contribution is -2.56. The number of nitrogens with one attached hydrogen (secondary N) is 3. The monoisotopic (exact) mass is 420 g/mol. The van der Waals surface area contributed by atoms with Gasteiger partial charge in [0, 0.05) is 32.0 Å². The second kappa shape index (κ2) is 9.43. The molecule has 3 heterocycles. The minimum atomic E-state index is -0.514. The number of nitrogens with zero attached hydrogens (tertiary/aromatic N) is 5. The molecule has 1 saturated heterocycles. The molecule has 3 aromatic rings. The number of aromatic amines is 1. The molecule has 0 radical (unpaired) electrons. The summed E-state index contributed by atoms with van der Waals surface area (Å²) in [5, 5.41) is 12.5. The lowest BCUT2D eigenvalue weighted by Gasteiger charge is -2.34. The number of aryl methyl sites for hydroxylation is 1. The predicted molar refractivity (Wildman–Crippen MR) is 112 cm³/mol. The van der Waals surface area contributed by atoms with Crippen molar-refractivity contribution in [1.82, 2.24) is 40.7 Å². The number of amides is 2. The van der Waals surface area contributed by atoms with Crippen LogP contribution in [0.4, 0.5) is 0 Å². The van der Waals surface area contributed by atoms with Gasteiger partial charge < -0.3 is 10.6 Å². The van der Waals surface area contributed by atoms with Gasteiger partial charge in [-0.1, -0.05) is 29.8 Å². The average Bonchev–Trinajstić information content (AvgIpc) is 3.26. The summed E-state index contributed by atoms with van der Waals surface area (Å²) in [5.74, 6) is 0.554. The van der Waals surface area contributed by atoms with Crippen LogP contribution >= 0.6 is 0 Å². The van der Waals surface area contributed by atoms with Crippen LogP contribution in [-0.2, 0) is 22.7 Å². The number of carbonyl (C=O) groups is 2. The Kier molecular flexibility index (Phi) is 6.27. The van der Waals surface area contributed by atoms with Gasteiger partial charge in [0.2, 0.25) is 17.6 Å². The van der Waals surface area contributed by atoms with E-state index >= 15 is 0 Å². The quantitative estimate of drug-likeness (QED) is 0.510. The van der Waals surface area contributed by atoms with Crippen molar-refractivity contribution >= 4 is 11.8 Å². The molecule has 160 valence electrons. The Hall–Kier alpha value is -3.66. The van der Waals surface area contributed by atoms with Gasteiger partial charge in [-0.15, -0.1) is 0 Å². The van der Waals surface area contributed by atoms with Gasteiger partial charge in [0.1, 0.15) is 11.5 Å². The summed E-state index contributed by atoms with van der Waals surface area (Å²) in [6.45, 7) is 4.11. The molecule has 1 aliphatic heterocycles. The number of benzene rings is 1. The maximum Gasteiger partial charge on any atom is 0.237 e. The van der Waals surface area contributed by atoms with Crippen LogP contribution in [0.5, 0.6) is 0 Å². The standard InChI is InChI=1S/C21H24N8O2/c1-14-2-4-15(5-3-14)13-29-9-8-24-21(31)17(29)10-19(30)25-12-18-26-20(28-27-18)16-11-22-6-7-23-16/h2-7,11,17H,8-10,12-13H2,1H3,(H,24,31)(H,25,30)(H,26,27,28)/t17-/m1/s1. The normalized spacial score (nSPS) is 16.7. The van der Waals surface area contributed by atoms with Crippen LogP contribution in [0.2, 0.25) is 0 Å². The molecule has 10 nitrogen and oxygen atoms in total. The Balaban J connectivity index is 1.34. The lowest BCUT2D eigenvalue weighted by atomic mass is 10.1. The number of rotatable bonds is 7. The summed E-state index contributed by atoms with van der Waals surface area (Å²) in [5.41, 5.74) is 2.84. The second-order valence-corrected chi connectivity index (χ2v) is 7.44. The topological polar surface area (TPSA) is 129 Å². The summed E-state index contributed by atoms with van der Waals surface area (Å²) in [4.78, 5) is 39.5. The molecule has 0 saturated carbocycles. The van der Waals surface area contributed by atoms with Crippen molar-refractivity contribution in [1.29, 1.82) is 0 Å². The first-order valence-corrected chi connectivity index (χ1v) is 10.1. The summed E-state index contributed by atoms with van der Waals surface area (Å²) in [6, 6.07) is 7.69. The third-order valence-electron chi connectivity index (χ3n) is 5.10. The third-order valence-corrected chi connectivity index (χ3v) is 5.10. The fourth-order valence-electron chi connectivity index (χ4n) is 3.43. The predicted octanol–water partition coefficient (Wildman–Crippen LogP) is 0.577. The molecule has 0 aliphatic carbocycles. The third kappa shape index (κ3) is 5.28. The van der Waals surface area contributed by atoms with E-state index in [4.69, 9.17) is 0 Å². The Morgan fingerprint density at radius 1 is 1.26 bits per heavy atom. The maximum atomic E-state index is 12.5. The molecule has 1 fully saturated rings. The average molecular weight is 420 g/mol. The van der Waals surface area contributed by atoms with Gasteiger partial charge in [-0.05, 0) is 12.5 Å². The van der Waals surface area contributed by atoms with Crippen LogP contribution in [-0.4, -0.2) is 61.0 Å². The molecule has 0 bridgehead atoms. The fourth-order valence-corrected chi connectivity index (χ4v) is 3.43. The van der Waals surface area contributed by atoms with E-state index in [2.05, 4.69) is 47.9 Å². The van der Waals surface area contributed by atoms with E-state index in [1.807, 2.05) is 24.0 Å². The van der Waals surface area contributed by atoms with E-state index in [-0.39, 0.29) is 24.8 Å². The zero-order valence-electron chi connectivity index (χ0n) is 17.2. The molecule has 10 heteroatoms. The van der Waals surface area contributed by atoms with Crippen molar-refractivity contribution in [2.75, 3.05) is 13.1 Å². The van der Waals surface area contributed by atoms with Gasteiger partial charge in [0.05, 0.1) is 25.2 Å².